The molecule has 0 fully saturated rings. The summed E-state index contributed by atoms with van der Waals surface area (Å²) in [7, 11) is 0. The maximum absolute atomic E-state index is 2.51. The SMILES string of the molecule is Cc1cc(C)c(-c2cc3c4c(c2)N(c2ccccc2)c2ccc(C(C)(C)C)cc2B4c2ccccc2N3c2ccccc2)c(C)c1. The van der Waals surface area contributed by atoms with Crippen molar-refractivity contribution in [1.29, 1.82) is 0 Å². The molecule has 0 N–H and O–H groups in total. The Morgan fingerprint density at radius 1 is 0.500 bits per heavy atom. The van der Waals surface area contributed by atoms with Gasteiger partial charge in [-0.3, -0.25) is 0 Å². The number of anilines is 6. The standard InChI is InChI=1S/C43H39BN2/c1-28-23-29(2)41(30(3)24-28)31-25-39-42-40(26-31)46(34-17-11-8-12-18-34)38-22-21-32(43(4,5)6)27-36(38)44(42)35-19-13-14-20-37(35)45(39)33-15-9-7-10-16-33/h7-27H,1-6H3. The van der Waals surface area contributed by atoms with Crippen LogP contribution in [0.25, 0.3) is 11.1 Å². The van der Waals surface area contributed by atoms with Crippen LogP contribution in [0.3, 0.4) is 0 Å². The van der Waals surface area contributed by atoms with Crippen LogP contribution >= 0.6 is 0 Å². The maximum Gasteiger partial charge on any atom is 0.252 e. The molecule has 8 rings (SSSR count). The van der Waals surface area contributed by atoms with Crippen molar-refractivity contribution in [1.82, 2.24) is 0 Å². The number of hydrogen-bond acceptors (Lipinski definition) is 2. The first kappa shape index (κ1) is 28.5. The Morgan fingerprint density at radius 3 is 1.59 bits per heavy atom. The fourth-order valence-corrected chi connectivity index (χ4v) is 7.91. The van der Waals surface area contributed by atoms with Crippen LogP contribution in [-0.2, 0) is 5.41 Å². The molecule has 46 heavy (non-hydrogen) atoms. The zero-order chi connectivity index (χ0) is 31.7. The van der Waals surface area contributed by atoms with E-state index < -0.39 is 0 Å². The third kappa shape index (κ3) is 4.41. The van der Waals surface area contributed by atoms with Gasteiger partial charge in [-0.25, -0.2) is 0 Å². The minimum absolute atomic E-state index is 0.0321. The van der Waals surface area contributed by atoms with Crippen LogP contribution in [0.1, 0.15) is 43.0 Å². The Morgan fingerprint density at radius 2 is 1.02 bits per heavy atom. The van der Waals surface area contributed by atoms with Crippen molar-refractivity contribution in [3.63, 3.8) is 0 Å². The van der Waals surface area contributed by atoms with E-state index in [9.17, 15) is 0 Å². The predicted molar refractivity (Wildman–Crippen MR) is 199 cm³/mol. The minimum Gasteiger partial charge on any atom is -0.311 e. The molecular weight excluding hydrogens is 555 g/mol. The average molecular weight is 595 g/mol. The molecule has 2 heterocycles. The average Bonchev–Trinajstić information content (AvgIpc) is 3.04. The first-order valence-corrected chi connectivity index (χ1v) is 16.4. The van der Waals surface area contributed by atoms with Gasteiger partial charge in [0.05, 0.1) is 0 Å². The summed E-state index contributed by atoms with van der Waals surface area (Å²) < 4.78 is 0. The highest BCUT2D eigenvalue weighted by molar-refractivity contribution is 7.00. The summed E-state index contributed by atoms with van der Waals surface area (Å²) in [6.45, 7) is 13.8. The second-order valence-electron chi connectivity index (χ2n) is 14.1. The highest BCUT2D eigenvalue weighted by Gasteiger charge is 2.44. The molecule has 2 nitrogen and oxygen atoms in total. The smallest absolute Gasteiger partial charge is 0.252 e. The fraction of sp³-hybridized carbons (Fsp3) is 0.163. The van der Waals surface area contributed by atoms with Gasteiger partial charge in [-0.2, -0.15) is 0 Å². The van der Waals surface area contributed by atoms with Crippen molar-refractivity contribution < 1.29 is 0 Å². The van der Waals surface area contributed by atoms with Crippen molar-refractivity contribution in [2.45, 2.75) is 47.0 Å². The van der Waals surface area contributed by atoms with E-state index in [1.807, 2.05) is 0 Å². The van der Waals surface area contributed by atoms with Crippen molar-refractivity contribution in [2.24, 2.45) is 0 Å². The number of fused-ring (bicyclic) bond motifs is 4. The molecule has 0 aliphatic carbocycles. The summed E-state index contributed by atoms with van der Waals surface area (Å²) in [5, 5.41) is 0. The second-order valence-corrected chi connectivity index (χ2v) is 14.1. The predicted octanol–water partition coefficient (Wildman–Crippen LogP) is 9.66. The minimum atomic E-state index is 0.0321. The molecule has 3 heteroatoms. The van der Waals surface area contributed by atoms with E-state index in [1.165, 1.54) is 83.9 Å². The number of hydrogen-bond donors (Lipinski definition) is 0. The fourth-order valence-electron chi connectivity index (χ4n) is 7.91. The van der Waals surface area contributed by atoms with Gasteiger partial charge < -0.3 is 9.80 Å². The summed E-state index contributed by atoms with van der Waals surface area (Å²) in [4.78, 5) is 5.01. The molecule has 0 saturated carbocycles. The number of rotatable bonds is 3. The van der Waals surface area contributed by atoms with Crippen molar-refractivity contribution in [2.75, 3.05) is 9.80 Å². The quantitative estimate of drug-likeness (QED) is 0.188. The highest BCUT2D eigenvalue weighted by atomic mass is 15.2. The molecular formula is C43H39BN2. The molecule has 0 unspecified atom stereocenters. The zero-order valence-electron chi connectivity index (χ0n) is 27.6. The Balaban J connectivity index is 1.53. The Bertz CT molecular complexity index is 2090. The van der Waals surface area contributed by atoms with Gasteiger partial charge in [0.25, 0.3) is 6.71 Å². The molecule has 0 aromatic heterocycles. The molecule has 0 amide bonds. The summed E-state index contributed by atoms with van der Waals surface area (Å²) in [6.07, 6.45) is 0. The summed E-state index contributed by atoms with van der Waals surface area (Å²) >= 11 is 0. The summed E-state index contributed by atoms with van der Waals surface area (Å²) in [6, 6.07) is 47.6. The van der Waals surface area contributed by atoms with E-state index in [4.69, 9.17) is 0 Å². The lowest BCUT2D eigenvalue weighted by molar-refractivity contribution is 0.591. The third-order valence-corrected chi connectivity index (χ3v) is 9.84. The van der Waals surface area contributed by atoms with Crippen molar-refractivity contribution in [3.8, 4) is 11.1 Å². The molecule has 2 aliphatic rings. The van der Waals surface area contributed by atoms with Crippen LogP contribution in [0.2, 0.25) is 0 Å². The van der Waals surface area contributed by atoms with Gasteiger partial charge >= 0.3 is 0 Å². The molecule has 0 saturated heterocycles. The molecule has 0 bridgehead atoms. The molecule has 6 aromatic rings. The number of benzene rings is 6. The highest BCUT2D eigenvalue weighted by Crippen LogP contribution is 2.46. The van der Waals surface area contributed by atoms with Gasteiger partial charge in [-0.15, -0.1) is 0 Å². The lowest BCUT2D eigenvalue weighted by Crippen LogP contribution is -2.61. The van der Waals surface area contributed by atoms with Crippen LogP contribution in [-0.4, -0.2) is 6.71 Å². The number of aryl methyl sites for hydroxylation is 3. The molecule has 0 atom stereocenters. The largest absolute Gasteiger partial charge is 0.311 e. The second kappa shape index (κ2) is 10.5. The van der Waals surface area contributed by atoms with Crippen LogP contribution in [0, 0.1) is 20.8 Å². The van der Waals surface area contributed by atoms with Crippen LogP contribution < -0.4 is 26.2 Å². The number of nitrogens with zero attached hydrogens (tertiary/aromatic N) is 2. The summed E-state index contributed by atoms with van der Waals surface area (Å²) in [5.41, 5.74) is 19.3. The van der Waals surface area contributed by atoms with Gasteiger partial charge in [0.2, 0.25) is 0 Å². The van der Waals surface area contributed by atoms with E-state index >= 15 is 0 Å². The van der Waals surface area contributed by atoms with Gasteiger partial charge in [0.15, 0.2) is 0 Å². The lowest BCUT2D eigenvalue weighted by Gasteiger charge is -2.45. The van der Waals surface area contributed by atoms with E-state index in [2.05, 4.69) is 179 Å². The first-order chi connectivity index (χ1) is 22.2. The Kier molecular flexibility index (Phi) is 6.51. The van der Waals surface area contributed by atoms with Gasteiger partial charge in [0, 0.05) is 34.1 Å². The maximum atomic E-state index is 2.51. The van der Waals surface area contributed by atoms with Crippen molar-refractivity contribution >= 4 is 57.2 Å². The van der Waals surface area contributed by atoms with Crippen LogP contribution in [0.15, 0.2) is 127 Å². The molecule has 6 aromatic carbocycles. The van der Waals surface area contributed by atoms with E-state index in [-0.39, 0.29) is 12.1 Å². The van der Waals surface area contributed by atoms with Gasteiger partial charge in [-0.1, -0.05) is 105 Å². The van der Waals surface area contributed by atoms with Crippen LogP contribution in [0.5, 0.6) is 0 Å². The first-order valence-electron chi connectivity index (χ1n) is 16.4. The van der Waals surface area contributed by atoms with Gasteiger partial charge in [0.1, 0.15) is 0 Å². The number of para-hydroxylation sites is 3. The zero-order valence-corrected chi connectivity index (χ0v) is 27.6. The normalized spacial score (nSPS) is 13.3. The molecule has 2 aliphatic heterocycles. The lowest BCUT2D eigenvalue weighted by atomic mass is 9.33. The molecule has 224 valence electrons. The monoisotopic (exact) mass is 594 g/mol. The molecule has 0 radical (unpaired) electrons. The Labute approximate surface area is 274 Å². The van der Waals surface area contributed by atoms with E-state index in [0.717, 1.165) is 0 Å². The van der Waals surface area contributed by atoms with Gasteiger partial charge in [-0.05, 0) is 119 Å². The third-order valence-electron chi connectivity index (χ3n) is 9.84. The van der Waals surface area contributed by atoms with Crippen LogP contribution in [0.4, 0.5) is 34.1 Å². The van der Waals surface area contributed by atoms with Crippen molar-refractivity contribution in [3.05, 3.63) is 150 Å². The summed E-state index contributed by atoms with van der Waals surface area (Å²) in [5.74, 6) is 0. The van der Waals surface area contributed by atoms with E-state index in [0.29, 0.717) is 0 Å². The van der Waals surface area contributed by atoms with E-state index in [1.54, 1.807) is 0 Å². The molecule has 0 spiro atoms. The topological polar surface area (TPSA) is 6.48 Å². The Hall–Kier alpha value is -5.02.